The Bertz CT molecular complexity index is 1880. The van der Waals surface area contributed by atoms with Gasteiger partial charge in [-0.05, 0) is 83.1 Å². The SMILES string of the molecule is COc1cc(OC)c(CNC(=O)[C@@H](F)C[C@@H](NC(=O)OC(C)(C)C)C(=O)OC(C)(C)C)c(OC)c1.COc1cc(OC)c(CNC(=O)[C@@H](F)C[C@@H](NC(=O)OC(C)(C)C)C(=O)OC(C)(C)C)c(OC)c1.O.O. The third-order valence-electron chi connectivity index (χ3n) is 8.73. The van der Waals surface area contributed by atoms with E-state index >= 15 is 0 Å². The van der Waals surface area contributed by atoms with Crippen molar-refractivity contribution in [2.45, 2.75) is 156 Å². The van der Waals surface area contributed by atoms with Gasteiger partial charge in [0.25, 0.3) is 11.8 Å². The lowest BCUT2D eigenvalue weighted by atomic mass is 10.1. The monoisotopic (exact) mass is 1040 g/mol. The number of benzene rings is 2. The number of halogens is 2. The van der Waals surface area contributed by atoms with E-state index in [0.717, 1.165) is 0 Å². The molecule has 2 rings (SSSR count). The van der Waals surface area contributed by atoms with Crippen LogP contribution in [0.5, 0.6) is 34.5 Å². The van der Waals surface area contributed by atoms with Crippen molar-refractivity contribution in [1.29, 1.82) is 0 Å². The molecule has 0 aliphatic heterocycles. The van der Waals surface area contributed by atoms with Crippen LogP contribution < -0.4 is 49.7 Å². The highest BCUT2D eigenvalue weighted by Crippen LogP contribution is 2.35. The first-order chi connectivity index (χ1) is 32.2. The van der Waals surface area contributed by atoms with E-state index in [1.807, 2.05) is 0 Å². The van der Waals surface area contributed by atoms with E-state index in [0.29, 0.717) is 45.6 Å². The van der Waals surface area contributed by atoms with Crippen molar-refractivity contribution >= 4 is 35.9 Å². The van der Waals surface area contributed by atoms with Gasteiger partial charge in [0.2, 0.25) is 0 Å². The van der Waals surface area contributed by atoms with Crippen LogP contribution in [0.1, 0.15) is 107 Å². The van der Waals surface area contributed by atoms with E-state index in [4.69, 9.17) is 47.4 Å². The van der Waals surface area contributed by atoms with Gasteiger partial charge < -0.3 is 79.6 Å². The number of amides is 4. The lowest BCUT2D eigenvalue weighted by molar-refractivity contribution is -0.159. The summed E-state index contributed by atoms with van der Waals surface area (Å²) in [7, 11) is 8.71. The van der Waals surface area contributed by atoms with Gasteiger partial charge in [-0.25, -0.2) is 28.0 Å². The molecule has 0 aliphatic rings. The fraction of sp³-hybridized carbons (Fsp3) is 0.625. The van der Waals surface area contributed by atoms with Crippen molar-refractivity contribution in [3.8, 4) is 34.5 Å². The van der Waals surface area contributed by atoms with Crippen LogP contribution in [-0.4, -0.2) is 136 Å². The van der Waals surface area contributed by atoms with Crippen molar-refractivity contribution in [3.63, 3.8) is 0 Å². The van der Waals surface area contributed by atoms with Gasteiger partial charge in [-0.15, -0.1) is 0 Å². The maximum atomic E-state index is 14.9. The predicted molar refractivity (Wildman–Crippen MR) is 260 cm³/mol. The Morgan fingerprint density at radius 2 is 0.694 bits per heavy atom. The number of ether oxygens (including phenoxy) is 10. The molecule has 0 aromatic heterocycles. The molecule has 0 aliphatic carbocycles. The summed E-state index contributed by atoms with van der Waals surface area (Å²) in [5, 5.41) is 9.51. The van der Waals surface area contributed by atoms with E-state index in [9.17, 15) is 37.5 Å². The zero-order valence-electron chi connectivity index (χ0n) is 44.7. The third-order valence-corrected chi connectivity index (χ3v) is 8.73. The summed E-state index contributed by atoms with van der Waals surface area (Å²) in [5.74, 6) is -1.34. The highest BCUT2D eigenvalue weighted by atomic mass is 19.1. The topological polar surface area (TPSA) is 306 Å². The Morgan fingerprint density at radius 3 is 0.903 bits per heavy atom. The average Bonchev–Trinajstić information content (AvgIpc) is 3.23. The molecule has 412 valence electrons. The maximum Gasteiger partial charge on any atom is 0.408 e. The first-order valence-corrected chi connectivity index (χ1v) is 22.1. The maximum absolute atomic E-state index is 14.9. The Balaban J connectivity index is 0. The zero-order valence-corrected chi connectivity index (χ0v) is 44.7. The molecule has 0 saturated carbocycles. The normalized spacial score (nSPS) is 12.8. The number of alkyl halides is 2. The van der Waals surface area contributed by atoms with Crippen LogP contribution in [0.2, 0.25) is 0 Å². The smallest absolute Gasteiger partial charge is 0.408 e. The molecule has 0 radical (unpaired) electrons. The second-order valence-corrected chi connectivity index (χ2v) is 19.3. The lowest BCUT2D eigenvalue weighted by Crippen LogP contribution is -2.48. The molecule has 2 aromatic rings. The average molecular weight is 1040 g/mol. The van der Waals surface area contributed by atoms with Crippen LogP contribution in [0.25, 0.3) is 0 Å². The fourth-order valence-corrected chi connectivity index (χ4v) is 5.78. The minimum absolute atomic E-state index is 0. The fourth-order valence-electron chi connectivity index (χ4n) is 5.78. The molecular weight excluding hydrogens is 959 g/mol. The minimum atomic E-state index is -2.14. The summed E-state index contributed by atoms with van der Waals surface area (Å²) in [5.41, 5.74) is -2.53. The number of carbonyl (C=O) groups excluding carboxylic acids is 6. The van der Waals surface area contributed by atoms with Crippen molar-refractivity contribution in [2.24, 2.45) is 0 Å². The molecule has 4 atom stereocenters. The summed E-state index contributed by atoms with van der Waals surface area (Å²) in [6.07, 6.45) is -7.47. The summed E-state index contributed by atoms with van der Waals surface area (Å²) in [4.78, 5) is 74.6. The van der Waals surface area contributed by atoms with Crippen LogP contribution in [0, 0.1) is 0 Å². The molecule has 0 heterocycles. The van der Waals surface area contributed by atoms with E-state index in [-0.39, 0.29) is 24.0 Å². The first-order valence-electron chi connectivity index (χ1n) is 22.1. The molecule has 0 unspecified atom stereocenters. The van der Waals surface area contributed by atoms with Crippen molar-refractivity contribution < 1.29 is 95.9 Å². The van der Waals surface area contributed by atoms with Crippen LogP contribution in [-0.2, 0) is 51.2 Å². The van der Waals surface area contributed by atoms with Crippen molar-refractivity contribution in [3.05, 3.63) is 35.4 Å². The van der Waals surface area contributed by atoms with Gasteiger partial charge in [0.15, 0.2) is 12.3 Å². The predicted octanol–water partition coefficient (Wildman–Crippen LogP) is 4.93. The molecule has 0 fully saturated rings. The van der Waals surface area contributed by atoms with Crippen molar-refractivity contribution in [2.75, 3.05) is 42.7 Å². The Labute approximate surface area is 420 Å². The van der Waals surface area contributed by atoms with Gasteiger partial charge >= 0.3 is 24.1 Å². The lowest BCUT2D eigenvalue weighted by Gasteiger charge is -2.26. The molecular formula is C48H78F2N4O18. The molecule has 0 spiro atoms. The van der Waals surface area contributed by atoms with E-state index in [1.54, 1.807) is 107 Å². The highest BCUT2D eigenvalue weighted by molar-refractivity contribution is 5.86. The number of rotatable bonds is 20. The van der Waals surface area contributed by atoms with Gasteiger partial charge in [-0.1, -0.05) is 0 Å². The van der Waals surface area contributed by atoms with Crippen molar-refractivity contribution in [1.82, 2.24) is 21.3 Å². The molecule has 0 saturated heterocycles. The number of carbonyl (C=O) groups is 6. The van der Waals surface area contributed by atoms with E-state index in [1.165, 1.54) is 42.7 Å². The first kappa shape index (κ1) is 67.5. The molecule has 24 heteroatoms. The number of hydrogen-bond acceptors (Lipinski definition) is 16. The Morgan fingerprint density at radius 1 is 0.444 bits per heavy atom. The van der Waals surface area contributed by atoms with Crippen LogP contribution in [0.15, 0.2) is 24.3 Å². The molecule has 2 aromatic carbocycles. The van der Waals surface area contributed by atoms with Crippen LogP contribution >= 0.6 is 0 Å². The van der Waals surface area contributed by atoms with E-state index in [2.05, 4.69) is 21.3 Å². The zero-order chi connectivity index (χ0) is 53.9. The Kier molecular flexibility index (Phi) is 27.9. The van der Waals surface area contributed by atoms with Gasteiger partial charge in [-0.2, -0.15) is 0 Å². The standard InChI is InChI=1S/2C24H37FN2O8.2H2O/c2*1-23(2,3)34-21(29)17(27-22(30)35-24(4,5)6)12-16(25)20(28)26-13-15-18(32-8)10-14(31-7)11-19(15)33-9;;/h2*10-11,16-17H,12-13H2,1-9H3,(H,26,28)(H,27,30);2*1H2/t2*16-,17+;;/m00../s1. The van der Waals surface area contributed by atoms with Gasteiger partial charge in [0.05, 0.1) is 66.9 Å². The summed E-state index contributed by atoms with van der Waals surface area (Å²) in [6, 6.07) is 3.49. The number of nitrogens with one attached hydrogen (secondary N) is 4. The molecule has 8 N–H and O–H groups in total. The van der Waals surface area contributed by atoms with Crippen LogP contribution in [0.4, 0.5) is 18.4 Å². The van der Waals surface area contributed by atoms with Gasteiger partial charge in [-0.3, -0.25) is 9.59 Å². The number of hydrogen-bond donors (Lipinski definition) is 4. The second-order valence-electron chi connectivity index (χ2n) is 19.3. The van der Waals surface area contributed by atoms with Gasteiger partial charge in [0, 0.05) is 37.1 Å². The molecule has 4 amide bonds. The number of esters is 2. The van der Waals surface area contributed by atoms with Gasteiger partial charge in [0.1, 0.15) is 69.0 Å². The number of methoxy groups -OCH3 is 6. The summed E-state index contributed by atoms with van der Waals surface area (Å²) in [6.45, 7) is 19.4. The second kappa shape index (κ2) is 29.7. The minimum Gasteiger partial charge on any atom is -0.496 e. The third kappa shape index (κ3) is 25.0. The molecule has 22 nitrogen and oxygen atoms in total. The summed E-state index contributed by atoms with van der Waals surface area (Å²) >= 11 is 0. The largest absolute Gasteiger partial charge is 0.496 e. The highest BCUT2D eigenvalue weighted by Gasteiger charge is 2.35. The van der Waals surface area contributed by atoms with E-state index < -0.39 is 95.6 Å². The van der Waals surface area contributed by atoms with Crippen LogP contribution in [0.3, 0.4) is 0 Å². The summed E-state index contributed by atoms with van der Waals surface area (Å²) < 4.78 is 82.3. The molecule has 72 heavy (non-hydrogen) atoms. The Hall–Kier alpha value is -6.56. The number of alkyl carbamates (subject to hydrolysis) is 2. The molecule has 0 bridgehead atoms. The quantitative estimate of drug-likeness (QED) is 0.101.